The van der Waals surface area contributed by atoms with Crippen LogP contribution in [0.3, 0.4) is 0 Å². The minimum atomic E-state index is -2.12. The van der Waals surface area contributed by atoms with Crippen molar-refractivity contribution in [3.63, 3.8) is 0 Å². The highest BCUT2D eigenvalue weighted by Gasteiger charge is 2.44. The second-order valence-electron chi connectivity index (χ2n) is 8.10. The number of benzene rings is 2. The largest absolute Gasteiger partial charge is 0.493 e. The number of rotatable bonds is 11. The highest BCUT2D eigenvalue weighted by atomic mass is 32.2. The van der Waals surface area contributed by atoms with Crippen LogP contribution in [0.2, 0.25) is 0 Å². The van der Waals surface area contributed by atoms with E-state index in [1.54, 1.807) is 36.4 Å². The zero-order valence-corrected chi connectivity index (χ0v) is 19.7. The van der Waals surface area contributed by atoms with Crippen molar-refractivity contribution < 1.29 is 32.6 Å². The van der Waals surface area contributed by atoms with E-state index in [-0.39, 0.29) is 29.3 Å². The predicted octanol–water partition coefficient (Wildman–Crippen LogP) is 3.17. The van der Waals surface area contributed by atoms with Gasteiger partial charge in [-0.05, 0) is 56.0 Å². The summed E-state index contributed by atoms with van der Waals surface area (Å²) >= 11 is -2.12. The third-order valence-electron chi connectivity index (χ3n) is 6.01. The molecule has 1 aliphatic heterocycles. The lowest BCUT2D eigenvalue weighted by atomic mass is 10.0. The number of anilines is 1. The van der Waals surface area contributed by atoms with Crippen LogP contribution in [0.1, 0.15) is 58.5 Å². The van der Waals surface area contributed by atoms with E-state index in [1.165, 1.54) is 12.0 Å². The van der Waals surface area contributed by atoms with Gasteiger partial charge < -0.3 is 18.9 Å². The molecular weight excluding hydrogens is 460 g/mol. The van der Waals surface area contributed by atoms with Crippen molar-refractivity contribution in [1.29, 1.82) is 0 Å². The monoisotopic (exact) mass is 486 g/mol. The molecule has 180 valence electrons. The molecule has 3 amide bonds. The van der Waals surface area contributed by atoms with E-state index < -0.39 is 28.9 Å². The summed E-state index contributed by atoms with van der Waals surface area (Å²) in [4.78, 5) is 41.5. The Labute approximate surface area is 199 Å². The number of nitrogens with zero attached hydrogens (tertiary/aromatic N) is 2. The van der Waals surface area contributed by atoms with Gasteiger partial charge in [0.1, 0.15) is 0 Å². The Morgan fingerprint density at radius 2 is 1.97 bits per heavy atom. The second-order valence-corrected chi connectivity index (χ2v) is 9.15. The Morgan fingerprint density at radius 3 is 2.59 bits per heavy atom. The fourth-order valence-electron chi connectivity index (χ4n) is 4.30. The Hall–Kier alpha value is -3.24. The number of hydrogen-bond donors (Lipinski definition) is 1. The van der Waals surface area contributed by atoms with E-state index in [1.807, 2.05) is 6.92 Å². The summed E-state index contributed by atoms with van der Waals surface area (Å²) in [5, 5.41) is 0. The normalized spacial score (nSPS) is 16.7. The van der Waals surface area contributed by atoms with Crippen molar-refractivity contribution in [2.45, 2.75) is 38.3 Å². The molecule has 4 rings (SSSR count). The van der Waals surface area contributed by atoms with Crippen LogP contribution in [-0.2, 0) is 15.9 Å². The van der Waals surface area contributed by atoms with Gasteiger partial charge in [0.2, 0.25) is 6.41 Å². The molecule has 1 heterocycles. The summed E-state index contributed by atoms with van der Waals surface area (Å²) in [6, 6.07) is 9.15. The highest BCUT2D eigenvalue weighted by molar-refractivity contribution is 7.79. The average molecular weight is 487 g/mol. The van der Waals surface area contributed by atoms with Gasteiger partial charge in [-0.15, -0.1) is 0 Å². The molecule has 0 spiro atoms. The maximum Gasteiger partial charge on any atom is 0.264 e. The van der Waals surface area contributed by atoms with Crippen molar-refractivity contribution >= 4 is 35.0 Å². The first-order valence-corrected chi connectivity index (χ1v) is 12.3. The second kappa shape index (κ2) is 9.94. The highest BCUT2D eigenvalue weighted by Crippen LogP contribution is 2.41. The van der Waals surface area contributed by atoms with Crippen LogP contribution in [-0.4, -0.2) is 57.4 Å². The van der Waals surface area contributed by atoms with Crippen molar-refractivity contribution in [3.05, 3.63) is 53.1 Å². The molecule has 1 unspecified atom stereocenters. The van der Waals surface area contributed by atoms with E-state index >= 15 is 0 Å². The van der Waals surface area contributed by atoms with E-state index in [2.05, 4.69) is 0 Å². The van der Waals surface area contributed by atoms with Gasteiger partial charge in [-0.25, -0.2) is 4.21 Å². The molecule has 2 aromatic carbocycles. The molecule has 2 aliphatic rings. The van der Waals surface area contributed by atoms with Crippen molar-refractivity contribution in [1.82, 2.24) is 4.90 Å². The summed E-state index contributed by atoms with van der Waals surface area (Å²) < 4.78 is 31.9. The van der Waals surface area contributed by atoms with Crippen LogP contribution >= 0.6 is 0 Å². The van der Waals surface area contributed by atoms with E-state index in [4.69, 9.17) is 9.47 Å². The number of hydrogen-bond acceptors (Lipinski definition) is 6. The van der Waals surface area contributed by atoms with E-state index in [0.717, 1.165) is 17.7 Å². The third kappa shape index (κ3) is 4.43. The molecule has 1 N–H and O–H groups in total. The fraction of sp³-hybridized carbons (Fsp3) is 0.375. The van der Waals surface area contributed by atoms with Crippen LogP contribution in [0.25, 0.3) is 0 Å². The molecular formula is C24H26N2O7S. The number of carbonyl (C=O) groups is 3. The molecule has 0 aromatic heterocycles. The molecule has 1 fully saturated rings. The van der Waals surface area contributed by atoms with E-state index in [9.17, 15) is 23.1 Å². The Kier molecular flexibility index (Phi) is 6.99. The lowest BCUT2D eigenvalue weighted by Gasteiger charge is -2.27. The molecule has 0 bridgehead atoms. The van der Waals surface area contributed by atoms with Gasteiger partial charge in [-0.1, -0.05) is 12.1 Å². The standard InChI is InChI=1S/C24H26N2O7S/c1-3-33-21-13-15(7-10-20(21)32-2)18(11-12-34(30)31)26-23(28)17-5-4-6-19(22(17)24(26)29)25(14-27)16-8-9-16/h4-7,10,13-14,16,18H,3,8-9,11-12H2,1-2H3,(H,30,31)/t18-/m0/s1. The molecule has 10 heteroatoms. The van der Waals surface area contributed by atoms with Crippen molar-refractivity contribution in [2.24, 2.45) is 0 Å². The number of ether oxygens (including phenoxy) is 2. The summed E-state index contributed by atoms with van der Waals surface area (Å²) in [5.74, 6) is -0.248. The van der Waals surface area contributed by atoms with Gasteiger partial charge in [0.05, 0.1) is 42.3 Å². The number of fused-ring (bicyclic) bond motifs is 1. The maximum atomic E-state index is 13.7. The summed E-state index contributed by atoms with van der Waals surface area (Å²) in [7, 11) is 1.51. The first-order chi connectivity index (χ1) is 16.4. The van der Waals surface area contributed by atoms with Gasteiger partial charge in [0.15, 0.2) is 22.6 Å². The molecule has 9 nitrogen and oxygen atoms in total. The molecule has 2 aromatic rings. The van der Waals surface area contributed by atoms with Crippen LogP contribution in [0.4, 0.5) is 5.69 Å². The quantitative estimate of drug-likeness (QED) is 0.295. The minimum Gasteiger partial charge on any atom is -0.493 e. The SMILES string of the molecule is CCOc1cc([C@H](CCS(=O)O)N2C(=O)c3cccc(N(C=O)C4CC4)c3C2=O)ccc1OC. The topological polar surface area (TPSA) is 113 Å². The number of amides is 3. The summed E-state index contributed by atoms with van der Waals surface area (Å²) in [6.45, 7) is 2.20. The van der Waals surface area contributed by atoms with E-state index in [0.29, 0.717) is 35.8 Å². The van der Waals surface area contributed by atoms with Crippen molar-refractivity contribution in [3.8, 4) is 11.5 Å². The van der Waals surface area contributed by atoms with Crippen LogP contribution in [0.5, 0.6) is 11.5 Å². The van der Waals surface area contributed by atoms with Crippen LogP contribution in [0, 0.1) is 0 Å². The number of methoxy groups -OCH3 is 1. The van der Waals surface area contributed by atoms with Gasteiger partial charge in [-0.3, -0.25) is 19.3 Å². The van der Waals surface area contributed by atoms with Crippen LogP contribution in [0.15, 0.2) is 36.4 Å². The number of carbonyl (C=O) groups excluding carboxylic acids is 3. The zero-order chi connectivity index (χ0) is 24.4. The summed E-state index contributed by atoms with van der Waals surface area (Å²) in [5.41, 5.74) is 1.37. The first kappa shape index (κ1) is 23.9. The summed E-state index contributed by atoms with van der Waals surface area (Å²) in [6.07, 6.45) is 2.44. The third-order valence-corrected chi connectivity index (χ3v) is 6.59. The van der Waals surface area contributed by atoms with Gasteiger partial charge in [-0.2, -0.15) is 0 Å². The fourth-order valence-corrected chi connectivity index (χ4v) is 4.73. The maximum absolute atomic E-state index is 13.7. The Morgan fingerprint density at radius 1 is 1.21 bits per heavy atom. The lowest BCUT2D eigenvalue weighted by Crippen LogP contribution is -2.35. The molecule has 0 radical (unpaired) electrons. The Balaban J connectivity index is 1.77. The molecule has 1 aliphatic carbocycles. The first-order valence-electron chi connectivity index (χ1n) is 11.0. The minimum absolute atomic E-state index is 0.0175. The zero-order valence-electron chi connectivity index (χ0n) is 18.9. The smallest absolute Gasteiger partial charge is 0.264 e. The molecule has 0 saturated heterocycles. The lowest BCUT2D eigenvalue weighted by molar-refractivity contribution is -0.107. The predicted molar refractivity (Wildman–Crippen MR) is 126 cm³/mol. The molecule has 2 atom stereocenters. The van der Waals surface area contributed by atoms with Gasteiger partial charge in [0, 0.05) is 6.04 Å². The van der Waals surface area contributed by atoms with Crippen LogP contribution < -0.4 is 14.4 Å². The van der Waals surface area contributed by atoms with Crippen molar-refractivity contribution in [2.75, 3.05) is 24.4 Å². The number of imide groups is 1. The molecule has 1 saturated carbocycles. The van der Waals surface area contributed by atoms with Gasteiger partial charge >= 0.3 is 0 Å². The Bertz CT molecular complexity index is 1150. The average Bonchev–Trinajstić information content (AvgIpc) is 3.63. The molecule has 34 heavy (non-hydrogen) atoms. The van der Waals surface area contributed by atoms with Gasteiger partial charge in [0.25, 0.3) is 11.8 Å².